The van der Waals surface area contributed by atoms with Crippen LogP contribution in [0.2, 0.25) is 5.02 Å². The highest BCUT2D eigenvalue weighted by molar-refractivity contribution is 6.33. The van der Waals surface area contributed by atoms with Crippen LogP contribution in [0, 0.1) is 0 Å². The standard InChI is InChI=1S/C20H17ClN4O2/c1-13(26)23-15-5-4-6-16(12-15)24-19-11-14(9-10-22-19)20(27)25-18-8-3-2-7-17(18)21/h2-12H,1H3,(H,22,24)(H,23,26)(H,25,27). The molecule has 27 heavy (non-hydrogen) atoms. The Kier molecular flexibility index (Phi) is 5.68. The van der Waals surface area contributed by atoms with Crippen molar-refractivity contribution in [2.24, 2.45) is 0 Å². The van der Waals surface area contributed by atoms with Gasteiger partial charge in [0, 0.05) is 30.1 Å². The zero-order chi connectivity index (χ0) is 19.2. The van der Waals surface area contributed by atoms with Crippen molar-refractivity contribution >= 4 is 46.3 Å². The monoisotopic (exact) mass is 380 g/mol. The molecule has 0 saturated carbocycles. The molecule has 6 nitrogen and oxygen atoms in total. The zero-order valence-electron chi connectivity index (χ0n) is 14.5. The van der Waals surface area contributed by atoms with Crippen LogP contribution in [-0.4, -0.2) is 16.8 Å². The summed E-state index contributed by atoms with van der Waals surface area (Å²) in [6.07, 6.45) is 1.54. The zero-order valence-corrected chi connectivity index (χ0v) is 15.2. The van der Waals surface area contributed by atoms with Crippen LogP contribution in [0.4, 0.5) is 22.9 Å². The molecular formula is C20H17ClN4O2. The lowest BCUT2D eigenvalue weighted by molar-refractivity contribution is -0.114. The van der Waals surface area contributed by atoms with E-state index in [0.29, 0.717) is 27.8 Å². The summed E-state index contributed by atoms with van der Waals surface area (Å²) in [6, 6.07) is 17.5. The van der Waals surface area contributed by atoms with E-state index < -0.39 is 0 Å². The first-order valence-electron chi connectivity index (χ1n) is 8.18. The molecular weight excluding hydrogens is 364 g/mol. The smallest absolute Gasteiger partial charge is 0.255 e. The van der Waals surface area contributed by atoms with E-state index in [1.807, 2.05) is 12.1 Å². The van der Waals surface area contributed by atoms with E-state index >= 15 is 0 Å². The first-order chi connectivity index (χ1) is 13.0. The summed E-state index contributed by atoms with van der Waals surface area (Å²) in [6.45, 7) is 1.45. The van der Waals surface area contributed by atoms with Crippen LogP contribution >= 0.6 is 11.6 Å². The molecule has 7 heteroatoms. The van der Waals surface area contributed by atoms with Gasteiger partial charge < -0.3 is 16.0 Å². The second-order valence-electron chi connectivity index (χ2n) is 5.75. The molecule has 136 valence electrons. The van der Waals surface area contributed by atoms with E-state index in [4.69, 9.17) is 11.6 Å². The average molecular weight is 381 g/mol. The normalized spacial score (nSPS) is 10.1. The lowest BCUT2D eigenvalue weighted by Gasteiger charge is -2.10. The van der Waals surface area contributed by atoms with E-state index in [0.717, 1.165) is 5.69 Å². The summed E-state index contributed by atoms with van der Waals surface area (Å²) >= 11 is 6.08. The van der Waals surface area contributed by atoms with Gasteiger partial charge in [0.05, 0.1) is 10.7 Å². The highest BCUT2D eigenvalue weighted by Crippen LogP contribution is 2.22. The maximum absolute atomic E-state index is 12.5. The maximum Gasteiger partial charge on any atom is 0.255 e. The molecule has 3 N–H and O–H groups in total. The summed E-state index contributed by atoms with van der Waals surface area (Å²) < 4.78 is 0. The number of nitrogens with zero attached hydrogens (tertiary/aromatic N) is 1. The minimum atomic E-state index is -0.291. The molecule has 0 spiro atoms. The van der Waals surface area contributed by atoms with Crippen molar-refractivity contribution in [1.82, 2.24) is 4.98 Å². The molecule has 1 aromatic heterocycles. The molecule has 3 rings (SSSR count). The van der Waals surface area contributed by atoms with Gasteiger partial charge in [-0.05, 0) is 42.5 Å². The second-order valence-corrected chi connectivity index (χ2v) is 6.16. The highest BCUT2D eigenvalue weighted by atomic mass is 35.5. The Morgan fingerprint density at radius 1 is 0.926 bits per heavy atom. The fraction of sp³-hybridized carbons (Fsp3) is 0.0500. The topological polar surface area (TPSA) is 83.1 Å². The third-order valence-corrected chi connectivity index (χ3v) is 3.93. The molecule has 0 unspecified atom stereocenters. The van der Waals surface area contributed by atoms with Crippen molar-refractivity contribution in [2.75, 3.05) is 16.0 Å². The number of anilines is 4. The molecule has 0 aliphatic heterocycles. The lowest BCUT2D eigenvalue weighted by Crippen LogP contribution is -2.12. The van der Waals surface area contributed by atoms with Crippen LogP contribution in [0.3, 0.4) is 0 Å². The van der Waals surface area contributed by atoms with Crippen molar-refractivity contribution in [3.8, 4) is 0 Å². The van der Waals surface area contributed by atoms with E-state index in [2.05, 4.69) is 20.9 Å². The van der Waals surface area contributed by atoms with Crippen LogP contribution in [0.1, 0.15) is 17.3 Å². The molecule has 0 aliphatic rings. The SMILES string of the molecule is CC(=O)Nc1cccc(Nc2cc(C(=O)Nc3ccccc3Cl)ccn2)c1. The largest absolute Gasteiger partial charge is 0.340 e. The Morgan fingerprint density at radius 3 is 2.48 bits per heavy atom. The van der Waals surface area contributed by atoms with Gasteiger partial charge in [0.2, 0.25) is 5.91 Å². The number of carbonyl (C=O) groups excluding carboxylic acids is 2. The minimum absolute atomic E-state index is 0.150. The van der Waals surface area contributed by atoms with Gasteiger partial charge in [0.1, 0.15) is 5.82 Å². The third kappa shape index (κ3) is 5.05. The number of amides is 2. The Balaban J connectivity index is 1.75. The number of hydrogen-bond donors (Lipinski definition) is 3. The summed E-state index contributed by atoms with van der Waals surface area (Å²) in [7, 11) is 0. The molecule has 2 amide bonds. The van der Waals surface area contributed by atoms with E-state index in [1.54, 1.807) is 54.7 Å². The van der Waals surface area contributed by atoms with Crippen LogP contribution in [-0.2, 0) is 4.79 Å². The van der Waals surface area contributed by atoms with Gasteiger partial charge in [-0.25, -0.2) is 4.98 Å². The Bertz CT molecular complexity index is 991. The van der Waals surface area contributed by atoms with Crippen molar-refractivity contribution in [3.05, 3.63) is 77.4 Å². The number of para-hydroxylation sites is 1. The number of aromatic nitrogens is 1. The summed E-state index contributed by atoms with van der Waals surface area (Å²) in [5.74, 6) is 0.0610. The van der Waals surface area contributed by atoms with Gasteiger partial charge in [-0.2, -0.15) is 0 Å². The fourth-order valence-corrected chi connectivity index (χ4v) is 2.61. The van der Waals surface area contributed by atoms with Crippen molar-refractivity contribution in [3.63, 3.8) is 0 Å². The quantitative estimate of drug-likeness (QED) is 0.599. The number of nitrogens with one attached hydrogen (secondary N) is 3. The molecule has 0 radical (unpaired) electrons. The maximum atomic E-state index is 12.5. The number of pyridine rings is 1. The van der Waals surface area contributed by atoms with Crippen molar-refractivity contribution in [2.45, 2.75) is 6.92 Å². The Labute approximate surface area is 161 Å². The minimum Gasteiger partial charge on any atom is -0.340 e. The van der Waals surface area contributed by atoms with Gasteiger partial charge in [-0.15, -0.1) is 0 Å². The van der Waals surface area contributed by atoms with Crippen molar-refractivity contribution < 1.29 is 9.59 Å². The summed E-state index contributed by atoms with van der Waals surface area (Å²) in [4.78, 5) is 27.9. The molecule has 1 heterocycles. The number of rotatable bonds is 5. The van der Waals surface area contributed by atoms with Gasteiger partial charge in [-0.1, -0.05) is 29.8 Å². The van der Waals surface area contributed by atoms with Gasteiger partial charge in [0.15, 0.2) is 0 Å². The van der Waals surface area contributed by atoms with E-state index in [1.165, 1.54) is 6.92 Å². The first-order valence-corrected chi connectivity index (χ1v) is 8.56. The van der Waals surface area contributed by atoms with E-state index in [9.17, 15) is 9.59 Å². The first kappa shape index (κ1) is 18.4. The molecule has 0 aliphatic carbocycles. The number of benzene rings is 2. The second kappa shape index (κ2) is 8.33. The van der Waals surface area contributed by atoms with Crippen LogP contribution in [0.5, 0.6) is 0 Å². The molecule has 3 aromatic rings. The highest BCUT2D eigenvalue weighted by Gasteiger charge is 2.09. The Hall–Kier alpha value is -3.38. The molecule has 0 saturated heterocycles. The van der Waals surface area contributed by atoms with Crippen LogP contribution < -0.4 is 16.0 Å². The summed E-state index contributed by atoms with van der Waals surface area (Å²) in [5, 5.41) is 9.08. The van der Waals surface area contributed by atoms with E-state index in [-0.39, 0.29) is 11.8 Å². The average Bonchev–Trinajstić information content (AvgIpc) is 2.63. The van der Waals surface area contributed by atoms with Gasteiger partial charge in [-0.3, -0.25) is 9.59 Å². The third-order valence-electron chi connectivity index (χ3n) is 3.60. The molecule has 0 bridgehead atoms. The molecule has 0 atom stereocenters. The number of hydrogen-bond acceptors (Lipinski definition) is 4. The summed E-state index contributed by atoms with van der Waals surface area (Å²) in [5.41, 5.74) is 2.38. The predicted molar refractivity (Wildman–Crippen MR) is 108 cm³/mol. The van der Waals surface area contributed by atoms with Crippen LogP contribution in [0.25, 0.3) is 0 Å². The number of halogens is 1. The van der Waals surface area contributed by atoms with Crippen molar-refractivity contribution in [1.29, 1.82) is 0 Å². The van der Waals surface area contributed by atoms with Gasteiger partial charge in [0.25, 0.3) is 5.91 Å². The Morgan fingerprint density at radius 2 is 1.70 bits per heavy atom. The molecule has 2 aromatic carbocycles. The predicted octanol–water partition coefficient (Wildman–Crippen LogP) is 4.69. The van der Waals surface area contributed by atoms with Crippen LogP contribution in [0.15, 0.2) is 66.9 Å². The number of carbonyl (C=O) groups is 2. The fourth-order valence-electron chi connectivity index (χ4n) is 2.42. The lowest BCUT2D eigenvalue weighted by atomic mass is 10.2. The van der Waals surface area contributed by atoms with Gasteiger partial charge >= 0.3 is 0 Å². The molecule has 0 fully saturated rings.